The van der Waals surface area contributed by atoms with Gasteiger partial charge in [0.2, 0.25) is 0 Å². The van der Waals surface area contributed by atoms with Crippen molar-refractivity contribution in [2.75, 3.05) is 6.61 Å². The smallest absolute Gasteiger partial charge is 0.306 e. The highest BCUT2D eigenvalue weighted by Crippen LogP contribution is 2.37. The second-order valence-corrected chi connectivity index (χ2v) is 13.2. The average Bonchev–Trinajstić information content (AvgIpc) is 2.91. The second-order valence-electron chi connectivity index (χ2n) is 13.2. The first-order chi connectivity index (χ1) is 19.3. The van der Waals surface area contributed by atoms with E-state index in [1.807, 2.05) is 12.1 Å². The van der Waals surface area contributed by atoms with Crippen molar-refractivity contribution < 1.29 is 14.6 Å². The predicted octanol–water partition coefficient (Wildman–Crippen LogP) is 11.5. The van der Waals surface area contributed by atoms with E-state index in [-0.39, 0.29) is 11.4 Å². The third-order valence-electron chi connectivity index (χ3n) is 8.28. The molecule has 3 nitrogen and oxygen atoms in total. The fourth-order valence-electron chi connectivity index (χ4n) is 5.91. The largest absolute Gasteiger partial charge is 0.508 e. The highest BCUT2D eigenvalue weighted by molar-refractivity contribution is 5.70. The molecule has 1 rings (SSSR count). The van der Waals surface area contributed by atoms with Gasteiger partial charge < -0.3 is 9.84 Å². The minimum absolute atomic E-state index is 0.0929. The molecule has 0 heterocycles. The van der Waals surface area contributed by atoms with Gasteiger partial charge in [0.15, 0.2) is 0 Å². The van der Waals surface area contributed by atoms with Gasteiger partial charge in [0, 0.05) is 12.0 Å². The van der Waals surface area contributed by atoms with E-state index in [9.17, 15) is 9.90 Å². The minimum atomic E-state index is -0.135. The lowest BCUT2D eigenvalue weighted by molar-refractivity contribution is -0.143. The molecule has 0 saturated heterocycles. The van der Waals surface area contributed by atoms with Crippen molar-refractivity contribution in [2.24, 2.45) is 0 Å². The van der Waals surface area contributed by atoms with Crippen LogP contribution in [0.3, 0.4) is 0 Å². The first-order valence-electron chi connectivity index (χ1n) is 17.3. The first kappa shape index (κ1) is 36.5. The number of carbonyl (C=O) groups is 1. The van der Waals surface area contributed by atoms with E-state index in [1.165, 1.54) is 120 Å². The normalized spacial score (nSPS) is 11.7. The van der Waals surface area contributed by atoms with Gasteiger partial charge >= 0.3 is 5.97 Å². The highest BCUT2D eigenvalue weighted by atomic mass is 16.5. The maximum absolute atomic E-state index is 12.5. The first-order valence-corrected chi connectivity index (χ1v) is 17.3. The lowest BCUT2D eigenvalue weighted by Gasteiger charge is -2.26. The number of hydrogen-bond donors (Lipinski definition) is 1. The summed E-state index contributed by atoms with van der Waals surface area (Å²) in [7, 11) is 0. The fourth-order valence-corrected chi connectivity index (χ4v) is 5.91. The van der Waals surface area contributed by atoms with Gasteiger partial charge in [0.1, 0.15) is 5.75 Å². The van der Waals surface area contributed by atoms with Crippen molar-refractivity contribution in [3.63, 3.8) is 0 Å². The molecule has 1 N–H and O–H groups in total. The van der Waals surface area contributed by atoms with Crippen LogP contribution in [0.1, 0.15) is 186 Å². The van der Waals surface area contributed by atoms with Gasteiger partial charge in [-0.1, -0.05) is 156 Å². The number of ether oxygens (including phenoxy) is 1. The lowest BCUT2D eigenvalue weighted by Crippen LogP contribution is -2.17. The van der Waals surface area contributed by atoms with Crippen LogP contribution in [0.15, 0.2) is 12.1 Å². The molecule has 3 heteroatoms. The Balaban J connectivity index is 2.43. The molecule has 0 aliphatic carbocycles. The molecule has 232 valence electrons. The van der Waals surface area contributed by atoms with Crippen LogP contribution in [-0.4, -0.2) is 17.7 Å². The summed E-state index contributed by atoms with van der Waals surface area (Å²) in [4.78, 5) is 12.5. The van der Waals surface area contributed by atoms with E-state index in [0.717, 1.165) is 31.2 Å². The lowest BCUT2D eigenvalue weighted by atomic mass is 9.79. The van der Waals surface area contributed by atoms with Crippen molar-refractivity contribution in [3.8, 4) is 5.75 Å². The molecule has 1 aromatic rings. The number of aromatic hydroxyl groups is 1. The van der Waals surface area contributed by atoms with Crippen molar-refractivity contribution in [1.82, 2.24) is 0 Å². The Morgan fingerprint density at radius 1 is 0.650 bits per heavy atom. The summed E-state index contributed by atoms with van der Waals surface area (Å²) >= 11 is 0. The van der Waals surface area contributed by atoms with Crippen LogP contribution in [0.2, 0.25) is 0 Å². The number of hydrogen-bond acceptors (Lipinski definition) is 3. The molecule has 1 aromatic carbocycles. The Hall–Kier alpha value is -1.51. The maximum atomic E-state index is 12.5. The summed E-state index contributed by atoms with van der Waals surface area (Å²) in [5.74, 6) is 0.298. The summed E-state index contributed by atoms with van der Waals surface area (Å²) in [6, 6.07) is 3.86. The van der Waals surface area contributed by atoms with Gasteiger partial charge in [0.05, 0.1) is 6.61 Å². The van der Waals surface area contributed by atoms with E-state index < -0.39 is 0 Å². The van der Waals surface area contributed by atoms with Crippen LogP contribution >= 0.6 is 0 Å². The number of aryl methyl sites for hydroxylation is 1. The number of unbranched alkanes of at least 4 members (excludes halogenated alkanes) is 18. The summed E-state index contributed by atoms with van der Waals surface area (Å²) in [6.45, 7) is 11.6. The molecule has 0 radical (unpaired) electrons. The van der Waals surface area contributed by atoms with Crippen LogP contribution in [0.4, 0.5) is 0 Å². The zero-order valence-corrected chi connectivity index (χ0v) is 27.4. The number of phenols is 1. The van der Waals surface area contributed by atoms with Gasteiger partial charge in [-0.25, -0.2) is 0 Å². The Morgan fingerprint density at radius 2 is 1.10 bits per heavy atom. The van der Waals surface area contributed by atoms with Crippen LogP contribution in [0, 0.1) is 0 Å². The van der Waals surface area contributed by atoms with Crippen LogP contribution < -0.4 is 0 Å². The van der Waals surface area contributed by atoms with Crippen LogP contribution in [0.5, 0.6) is 5.75 Å². The molecule has 0 fully saturated rings. The van der Waals surface area contributed by atoms with E-state index in [1.54, 1.807) is 0 Å². The van der Waals surface area contributed by atoms with E-state index >= 15 is 0 Å². The molecule has 0 unspecified atom stereocenters. The molecular weight excluding hydrogens is 492 g/mol. The highest BCUT2D eigenvalue weighted by Gasteiger charge is 2.24. The van der Waals surface area contributed by atoms with Crippen molar-refractivity contribution in [3.05, 3.63) is 28.8 Å². The Bertz CT molecular complexity index is 761. The van der Waals surface area contributed by atoms with Crippen molar-refractivity contribution >= 4 is 5.97 Å². The number of rotatable bonds is 25. The Morgan fingerprint density at radius 3 is 1.57 bits per heavy atom. The van der Waals surface area contributed by atoms with Gasteiger partial charge in [0.25, 0.3) is 0 Å². The molecule has 0 saturated carbocycles. The molecule has 0 aromatic heterocycles. The summed E-state index contributed by atoms with van der Waals surface area (Å²) in [6.07, 6.45) is 28.1. The standard InChI is InChI=1S/C37H66O3/c1-6-8-10-12-14-16-17-18-19-20-22-24-26-33-32(27-29-34(38)36(33)37(3,4)5)28-30-35(39)40-31-25-23-21-15-13-11-9-7-2/h27,29,38H,6-26,28,30-31H2,1-5H3. The number of esters is 1. The maximum Gasteiger partial charge on any atom is 0.306 e. The SMILES string of the molecule is CCCCCCCCCCCCCCc1c(CCC(=O)OCCCCCCCCCC)ccc(O)c1C(C)(C)C. The monoisotopic (exact) mass is 559 g/mol. The summed E-state index contributed by atoms with van der Waals surface area (Å²) < 4.78 is 5.56. The van der Waals surface area contributed by atoms with Gasteiger partial charge in [-0.15, -0.1) is 0 Å². The molecule has 40 heavy (non-hydrogen) atoms. The number of phenolic OH excluding ortho intramolecular Hbond substituents is 1. The summed E-state index contributed by atoms with van der Waals surface area (Å²) in [5.41, 5.74) is 3.38. The molecule has 0 aliphatic rings. The molecule has 0 amide bonds. The van der Waals surface area contributed by atoms with Crippen molar-refractivity contribution in [2.45, 2.75) is 188 Å². The average molecular weight is 559 g/mol. The fraction of sp³-hybridized carbons (Fsp3) is 0.811. The molecule has 0 aliphatic heterocycles. The van der Waals surface area contributed by atoms with E-state index in [0.29, 0.717) is 25.2 Å². The van der Waals surface area contributed by atoms with Crippen molar-refractivity contribution in [1.29, 1.82) is 0 Å². The van der Waals surface area contributed by atoms with Gasteiger partial charge in [-0.3, -0.25) is 4.79 Å². The van der Waals surface area contributed by atoms with E-state index in [2.05, 4.69) is 34.6 Å². The third kappa shape index (κ3) is 17.3. The van der Waals surface area contributed by atoms with Gasteiger partial charge in [-0.05, 0) is 48.3 Å². The quantitative estimate of drug-likeness (QED) is 0.0958. The van der Waals surface area contributed by atoms with Crippen LogP contribution in [0.25, 0.3) is 0 Å². The third-order valence-corrected chi connectivity index (χ3v) is 8.28. The number of benzene rings is 1. The molecule has 0 bridgehead atoms. The summed E-state index contributed by atoms with van der Waals surface area (Å²) in [5, 5.41) is 10.8. The molecule has 0 atom stereocenters. The van der Waals surface area contributed by atoms with E-state index in [4.69, 9.17) is 4.74 Å². The zero-order chi connectivity index (χ0) is 29.5. The minimum Gasteiger partial charge on any atom is -0.508 e. The Kier molecular flexibility index (Phi) is 21.1. The predicted molar refractivity (Wildman–Crippen MR) is 173 cm³/mol. The molecular formula is C37H66O3. The zero-order valence-electron chi connectivity index (χ0n) is 27.4. The Labute approximate surface area is 249 Å². The topological polar surface area (TPSA) is 46.5 Å². The molecule has 0 spiro atoms. The van der Waals surface area contributed by atoms with Crippen LogP contribution in [-0.2, 0) is 27.8 Å². The number of carbonyl (C=O) groups excluding carboxylic acids is 1. The van der Waals surface area contributed by atoms with Gasteiger partial charge in [-0.2, -0.15) is 0 Å². The second kappa shape index (κ2) is 23.1.